The van der Waals surface area contributed by atoms with Crippen LogP contribution in [0.15, 0.2) is 0 Å². The van der Waals surface area contributed by atoms with Gasteiger partial charge < -0.3 is 0 Å². The van der Waals surface area contributed by atoms with Crippen LogP contribution in [0.25, 0.3) is 0 Å². The van der Waals surface area contributed by atoms with Crippen LogP contribution in [0.1, 0.15) is 133 Å². The predicted octanol–water partition coefficient (Wildman–Crippen LogP) is 9.52. The van der Waals surface area contributed by atoms with Gasteiger partial charge in [0.15, 0.2) is 0 Å². The van der Waals surface area contributed by atoms with E-state index in [0.29, 0.717) is 10.8 Å². The fraction of sp³-hybridized carbons (Fsp3) is 1.00. The van der Waals surface area contributed by atoms with Crippen LogP contribution >= 0.6 is 0 Å². The Labute approximate surface area is 168 Å². The molecular formula is C26H54. The fourth-order valence-electron chi connectivity index (χ4n) is 4.56. The fourth-order valence-corrected chi connectivity index (χ4v) is 4.56. The van der Waals surface area contributed by atoms with Crippen LogP contribution in [-0.2, 0) is 0 Å². The first kappa shape index (κ1) is 26.0. The van der Waals surface area contributed by atoms with E-state index in [4.69, 9.17) is 0 Å². The van der Waals surface area contributed by atoms with Gasteiger partial charge in [0, 0.05) is 0 Å². The Morgan fingerprint density at radius 2 is 0.538 bits per heavy atom. The molecule has 0 heteroatoms. The average molecular weight is 367 g/mol. The van der Waals surface area contributed by atoms with Crippen LogP contribution in [0, 0.1) is 34.5 Å². The molecular weight excluding hydrogens is 312 g/mol. The minimum atomic E-state index is 0. The summed E-state index contributed by atoms with van der Waals surface area (Å²) >= 11 is 0. The molecule has 4 saturated carbocycles. The number of hydrogen-bond acceptors (Lipinski definition) is 0. The Morgan fingerprint density at radius 1 is 0.385 bits per heavy atom. The highest BCUT2D eigenvalue weighted by Gasteiger charge is 2.34. The van der Waals surface area contributed by atoms with Crippen molar-refractivity contribution in [1.82, 2.24) is 0 Å². The largest absolute Gasteiger partial charge is 0.0776 e. The molecule has 0 saturated heterocycles. The molecule has 2 unspecified atom stereocenters. The minimum Gasteiger partial charge on any atom is -0.0776 e. The van der Waals surface area contributed by atoms with Gasteiger partial charge in [-0.25, -0.2) is 0 Å². The summed E-state index contributed by atoms with van der Waals surface area (Å²) in [7, 11) is 0. The van der Waals surface area contributed by atoms with Crippen LogP contribution in [0.2, 0.25) is 0 Å². The second-order valence-corrected chi connectivity index (χ2v) is 12.4. The molecule has 4 aliphatic rings. The van der Waals surface area contributed by atoms with Gasteiger partial charge in [0.25, 0.3) is 0 Å². The van der Waals surface area contributed by atoms with Crippen molar-refractivity contribution >= 4 is 0 Å². The van der Waals surface area contributed by atoms with E-state index < -0.39 is 0 Å². The third kappa shape index (κ3) is 13.2. The zero-order chi connectivity index (χ0) is 19.1. The molecule has 0 nitrogen and oxygen atoms in total. The number of rotatable bonds is 0. The molecule has 4 fully saturated rings. The predicted molar refractivity (Wildman–Crippen MR) is 122 cm³/mol. The lowest BCUT2D eigenvalue weighted by molar-refractivity contribution is 0.219. The molecule has 0 bridgehead atoms. The standard InChI is InChI=1S/C8H14.C7H12.2C5H12.CH4/c1-3-7-5-2-6-8(7)4-1;1-2-6-4-5-7(6)3-1;2*1-5(2,3)4;/h7-8H,1-6H2;6-7H,1-5H2;2*1-4H3;1H4. The van der Waals surface area contributed by atoms with Gasteiger partial charge >= 0.3 is 0 Å². The Bertz CT molecular complexity index is 286. The van der Waals surface area contributed by atoms with Crippen LogP contribution in [0.4, 0.5) is 0 Å². The molecule has 4 rings (SSSR count). The lowest BCUT2D eigenvalue weighted by Gasteiger charge is -2.29. The number of hydrogen-bond donors (Lipinski definition) is 0. The zero-order valence-electron chi connectivity index (χ0n) is 19.1. The lowest BCUT2D eigenvalue weighted by Crippen LogP contribution is -2.18. The van der Waals surface area contributed by atoms with Crippen LogP contribution < -0.4 is 0 Å². The molecule has 0 N–H and O–H groups in total. The van der Waals surface area contributed by atoms with Crippen molar-refractivity contribution in [2.24, 2.45) is 34.5 Å². The summed E-state index contributed by atoms with van der Waals surface area (Å²) in [5, 5.41) is 0. The third-order valence-electron chi connectivity index (χ3n) is 5.69. The van der Waals surface area contributed by atoms with Crippen LogP contribution in [-0.4, -0.2) is 0 Å². The second kappa shape index (κ2) is 11.8. The minimum absolute atomic E-state index is 0. The van der Waals surface area contributed by atoms with E-state index in [-0.39, 0.29) is 7.43 Å². The number of fused-ring (bicyclic) bond motifs is 2. The first-order valence-corrected chi connectivity index (χ1v) is 11.4. The van der Waals surface area contributed by atoms with Crippen molar-refractivity contribution in [1.29, 1.82) is 0 Å². The first-order valence-electron chi connectivity index (χ1n) is 11.4. The molecule has 2 atom stereocenters. The quantitative estimate of drug-likeness (QED) is 0.400. The second-order valence-electron chi connectivity index (χ2n) is 12.4. The molecule has 0 aliphatic heterocycles. The van der Waals surface area contributed by atoms with E-state index >= 15 is 0 Å². The molecule has 0 spiro atoms. The molecule has 0 aromatic carbocycles. The van der Waals surface area contributed by atoms with Crippen molar-refractivity contribution in [3.63, 3.8) is 0 Å². The Balaban J connectivity index is 0.000000326. The molecule has 0 radical (unpaired) electrons. The maximum atomic E-state index is 2.19. The van der Waals surface area contributed by atoms with Gasteiger partial charge in [0.2, 0.25) is 0 Å². The topological polar surface area (TPSA) is 0 Å². The molecule has 4 aliphatic carbocycles. The van der Waals surface area contributed by atoms with E-state index in [0.717, 1.165) is 0 Å². The third-order valence-corrected chi connectivity index (χ3v) is 5.69. The van der Waals surface area contributed by atoms with Crippen molar-refractivity contribution in [3.05, 3.63) is 0 Å². The highest BCUT2D eigenvalue weighted by atomic mass is 14.4. The van der Waals surface area contributed by atoms with Gasteiger partial charge in [-0.15, -0.1) is 0 Å². The highest BCUT2D eigenvalue weighted by Crippen LogP contribution is 2.46. The molecule has 26 heavy (non-hydrogen) atoms. The van der Waals surface area contributed by atoms with E-state index in [1.165, 1.54) is 42.9 Å². The Morgan fingerprint density at radius 3 is 0.692 bits per heavy atom. The van der Waals surface area contributed by atoms with Gasteiger partial charge in [0.05, 0.1) is 0 Å². The average Bonchev–Trinajstić information content (AvgIpc) is 3.02. The summed E-state index contributed by atoms with van der Waals surface area (Å²) in [4.78, 5) is 0. The van der Waals surface area contributed by atoms with Gasteiger partial charge in [-0.3, -0.25) is 0 Å². The maximum absolute atomic E-state index is 2.19. The van der Waals surface area contributed by atoms with E-state index in [1.54, 1.807) is 51.4 Å². The van der Waals surface area contributed by atoms with Gasteiger partial charge in [0.1, 0.15) is 0 Å². The summed E-state index contributed by atoms with van der Waals surface area (Å²) < 4.78 is 0. The Hall–Kier alpha value is 0. The molecule has 158 valence electrons. The summed E-state index contributed by atoms with van der Waals surface area (Å²) in [6, 6.07) is 0. The molecule has 0 heterocycles. The first-order chi connectivity index (χ1) is 11.4. The monoisotopic (exact) mass is 366 g/mol. The van der Waals surface area contributed by atoms with Crippen LogP contribution in [0.5, 0.6) is 0 Å². The van der Waals surface area contributed by atoms with Gasteiger partial charge in [-0.2, -0.15) is 0 Å². The molecule has 0 amide bonds. The smallest absolute Gasteiger partial charge is 0.0386 e. The van der Waals surface area contributed by atoms with E-state index in [1.807, 2.05) is 0 Å². The SMILES string of the molecule is C.C1CC2CCC2C1.C1CC2CCCC2C1.CC(C)(C)C.CC(C)(C)C. The van der Waals surface area contributed by atoms with Crippen molar-refractivity contribution in [2.45, 2.75) is 133 Å². The van der Waals surface area contributed by atoms with Gasteiger partial charge in [-0.1, -0.05) is 121 Å². The molecule has 0 aromatic rings. The normalized spacial score (nSPS) is 31.4. The summed E-state index contributed by atoms with van der Waals surface area (Å²) in [6.07, 6.45) is 17.1. The zero-order valence-corrected chi connectivity index (χ0v) is 19.1. The van der Waals surface area contributed by atoms with Crippen molar-refractivity contribution in [2.75, 3.05) is 0 Å². The highest BCUT2D eigenvalue weighted by molar-refractivity contribution is 4.85. The molecule has 0 aromatic heterocycles. The Kier molecular flexibility index (Phi) is 11.8. The lowest BCUT2D eigenvalue weighted by atomic mass is 9.77. The van der Waals surface area contributed by atoms with Gasteiger partial charge in [-0.05, 0) is 47.3 Å². The summed E-state index contributed by atoms with van der Waals surface area (Å²) in [5.74, 6) is 4.74. The van der Waals surface area contributed by atoms with Crippen molar-refractivity contribution < 1.29 is 0 Å². The summed E-state index contributed by atoms with van der Waals surface area (Å²) in [5.41, 5.74) is 1.00. The van der Waals surface area contributed by atoms with Crippen molar-refractivity contribution in [3.8, 4) is 0 Å². The van der Waals surface area contributed by atoms with Crippen LogP contribution in [0.3, 0.4) is 0 Å². The van der Waals surface area contributed by atoms with E-state index in [2.05, 4.69) is 55.4 Å². The maximum Gasteiger partial charge on any atom is -0.0386 e. The van der Waals surface area contributed by atoms with E-state index in [9.17, 15) is 0 Å². The summed E-state index contributed by atoms with van der Waals surface area (Å²) in [6.45, 7) is 17.5.